The van der Waals surface area contributed by atoms with Gasteiger partial charge in [-0.25, -0.2) is 9.97 Å². The minimum atomic E-state index is -0.543. The first-order valence-corrected chi connectivity index (χ1v) is 9.16. The van der Waals surface area contributed by atoms with E-state index < -0.39 is 11.5 Å². The number of benzene rings is 1. The van der Waals surface area contributed by atoms with Crippen LogP contribution in [0.25, 0.3) is 10.2 Å². The number of carbonyl (C=O) groups is 1. The number of aromatic amines is 1. The quantitative estimate of drug-likeness (QED) is 0.673. The Morgan fingerprint density at radius 2 is 2.04 bits per heavy atom. The van der Waals surface area contributed by atoms with Gasteiger partial charge in [-0.3, -0.25) is 14.9 Å². The molecular weight excluding hydrogens is 368 g/mol. The molecule has 0 radical (unpaired) electrons. The van der Waals surface area contributed by atoms with Crippen molar-refractivity contribution in [2.24, 2.45) is 5.92 Å². The summed E-state index contributed by atoms with van der Waals surface area (Å²) in [4.78, 5) is 36.0. The Hall–Kier alpha value is -2.94. The third kappa shape index (κ3) is 4.08. The highest BCUT2D eigenvalue weighted by atomic mass is 32.1. The number of nitrogens with one attached hydrogen (secondary N) is 2. The van der Waals surface area contributed by atoms with E-state index in [2.05, 4.69) is 20.3 Å². The van der Waals surface area contributed by atoms with Gasteiger partial charge in [-0.2, -0.15) is 0 Å². The van der Waals surface area contributed by atoms with Gasteiger partial charge in [-0.05, 0) is 30.5 Å². The topological polar surface area (TPSA) is 106 Å². The molecule has 3 rings (SSSR count). The Morgan fingerprint density at radius 1 is 1.26 bits per heavy atom. The number of aromatic nitrogens is 3. The van der Waals surface area contributed by atoms with E-state index in [0.717, 1.165) is 10.2 Å². The molecule has 3 aromatic rings. The lowest BCUT2D eigenvalue weighted by molar-refractivity contribution is 0.101. The molecule has 0 saturated carbocycles. The summed E-state index contributed by atoms with van der Waals surface area (Å²) in [6, 6.07) is 5.45. The number of rotatable bonds is 6. The number of thiazole rings is 1. The summed E-state index contributed by atoms with van der Waals surface area (Å²) in [6.07, 6.45) is 0.493. The van der Waals surface area contributed by atoms with E-state index in [-0.39, 0.29) is 17.5 Å². The Kier molecular flexibility index (Phi) is 5.41. The highest BCUT2D eigenvalue weighted by Crippen LogP contribution is 2.29. The highest BCUT2D eigenvalue weighted by Gasteiger charge is 2.20. The molecule has 0 fully saturated rings. The van der Waals surface area contributed by atoms with E-state index in [1.54, 1.807) is 13.2 Å². The molecule has 0 bridgehead atoms. The Balaban J connectivity index is 1.89. The van der Waals surface area contributed by atoms with Gasteiger partial charge in [-0.15, -0.1) is 0 Å². The summed E-state index contributed by atoms with van der Waals surface area (Å²) in [5.41, 5.74) is 0.642. The van der Waals surface area contributed by atoms with E-state index in [4.69, 9.17) is 9.47 Å². The van der Waals surface area contributed by atoms with Gasteiger partial charge in [-0.1, -0.05) is 25.2 Å². The van der Waals surface area contributed by atoms with Gasteiger partial charge < -0.3 is 14.5 Å². The zero-order chi connectivity index (χ0) is 19.6. The predicted octanol–water partition coefficient (Wildman–Crippen LogP) is 2.85. The molecule has 142 valence electrons. The first-order chi connectivity index (χ1) is 12.9. The van der Waals surface area contributed by atoms with Crippen LogP contribution in [-0.2, 0) is 6.42 Å². The van der Waals surface area contributed by atoms with Crippen LogP contribution < -0.4 is 20.3 Å². The van der Waals surface area contributed by atoms with Gasteiger partial charge in [0.05, 0.1) is 24.4 Å². The maximum Gasteiger partial charge on any atom is 0.279 e. The fourth-order valence-corrected chi connectivity index (χ4v) is 3.43. The van der Waals surface area contributed by atoms with Crippen molar-refractivity contribution >= 4 is 32.6 Å². The molecule has 0 saturated heterocycles. The van der Waals surface area contributed by atoms with Crippen molar-refractivity contribution in [1.29, 1.82) is 0 Å². The maximum absolute atomic E-state index is 12.6. The molecular formula is C18H20N4O4S. The number of amides is 1. The molecule has 1 aromatic carbocycles. The van der Waals surface area contributed by atoms with Crippen LogP contribution in [0.1, 0.15) is 30.0 Å². The molecule has 0 spiro atoms. The van der Waals surface area contributed by atoms with Gasteiger partial charge >= 0.3 is 0 Å². The van der Waals surface area contributed by atoms with Crippen LogP contribution >= 0.6 is 11.3 Å². The summed E-state index contributed by atoms with van der Waals surface area (Å²) < 4.78 is 11.3. The second-order valence-electron chi connectivity index (χ2n) is 6.30. The van der Waals surface area contributed by atoms with Crippen molar-refractivity contribution in [1.82, 2.24) is 15.0 Å². The normalized spacial score (nSPS) is 11.0. The molecule has 0 aliphatic carbocycles. The monoisotopic (exact) mass is 388 g/mol. The van der Waals surface area contributed by atoms with Crippen molar-refractivity contribution < 1.29 is 14.3 Å². The zero-order valence-corrected chi connectivity index (χ0v) is 16.3. The highest BCUT2D eigenvalue weighted by molar-refractivity contribution is 7.22. The van der Waals surface area contributed by atoms with Crippen LogP contribution in [0.2, 0.25) is 0 Å². The standard InChI is InChI=1S/C18H20N4O4S/c1-9(2)7-12-15(23)21-14(17(19-12)26-4)16(24)22-18-20-11-6-5-10(25-3)8-13(11)27-18/h5-6,8-9H,7H2,1-4H3,(H,21,23)(H,20,22,24). The first kappa shape index (κ1) is 18.8. The number of hydrogen-bond acceptors (Lipinski definition) is 7. The number of fused-ring (bicyclic) bond motifs is 1. The number of methoxy groups -OCH3 is 2. The third-order valence-corrected chi connectivity index (χ3v) is 4.72. The van der Waals surface area contributed by atoms with E-state index >= 15 is 0 Å². The van der Waals surface area contributed by atoms with E-state index in [1.807, 2.05) is 26.0 Å². The number of H-pyrrole nitrogens is 1. The lowest BCUT2D eigenvalue weighted by atomic mass is 10.1. The largest absolute Gasteiger partial charge is 0.497 e. The summed E-state index contributed by atoms with van der Waals surface area (Å²) in [7, 11) is 2.99. The van der Waals surface area contributed by atoms with Crippen molar-refractivity contribution in [3.05, 3.63) is 39.9 Å². The number of ether oxygens (including phenoxy) is 2. The first-order valence-electron chi connectivity index (χ1n) is 8.34. The SMILES string of the molecule is COc1ccc2nc(NC(=O)c3[nH]c(=O)c(CC(C)C)nc3OC)sc2c1. The second kappa shape index (κ2) is 7.75. The van der Waals surface area contributed by atoms with Gasteiger partial charge in [0.25, 0.3) is 11.5 Å². The number of carbonyl (C=O) groups excluding carboxylic acids is 1. The van der Waals surface area contributed by atoms with Gasteiger partial charge in [0, 0.05) is 0 Å². The molecule has 2 heterocycles. The molecule has 2 N–H and O–H groups in total. The van der Waals surface area contributed by atoms with Crippen molar-refractivity contribution in [3.63, 3.8) is 0 Å². The van der Waals surface area contributed by atoms with Crippen LogP contribution in [0.15, 0.2) is 23.0 Å². The minimum absolute atomic E-state index is 0.0353. The fourth-order valence-electron chi connectivity index (χ4n) is 2.54. The van der Waals surface area contributed by atoms with Crippen LogP contribution in [0.4, 0.5) is 5.13 Å². The lowest BCUT2D eigenvalue weighted by Gasteiger charge is -2.09. The summed E-state index contributed by atoms with van der Waals surface area (Å²) >= 11 is 1.30. The van der Waals surface area contributed by atoms with Gasteiger partial charge in [0.1, 0.15) is 11.4 Å². The Morgan fingerprint density at radius 3 is 2.70 bits per heavy atom. The molecule has 9 heteroatoms. The van der Waals surface area contributed by atoms with Crippen LogP contribution in [0.3, 0.4) is 0 Å². The van der Waals surface area contributed by atoms with Gasteiger partial charge in [0.15, 0.2) is 10.8 Å². The lowest BCUT2D eigenvalue weighted by Crippen LogP contribution is -2.25. The third-order valence-electron chi connectivity index (χ3n) is 3.79. The van der Waals surface area contributed by atoms with Gasteiger partial charge in [0.2, 0.25) is 5.88 Å². The number of anilines is 1. The summed E-state index contributed by atoms with van der Waals surface area (Å²) in [6.45, 7) is 3.96. The zero-order valence-electron chi connectivity index (χ0n) is 15.5. The minimum Gasteiger partial charge on any atom is -0.497 e. The molecule has 8 nitrogen and oxygen atoms in total. The second-order valence-corrected chi connectivity index (χ2v) is 7.33. The van der Waals surface area contributed by atoms with Crippen LogP contribution in [-0.4, -0.2) is 35.1 Å². The molecule has 2 aromatic heterocycles. The number of nitrogens with zero attached hydrogens (tertiary/aromatic N) is 2. The van der Waals surface area contributed by atoms with Crippen molar-refractivity contribution in [3.8, 4) is 11.6 Å². The maximum atomic E-state index is 12.6. The summed E-state index contributed by atoms with van der Waals surface area (Å²) in [5.74, 6) is 0.492. The van der Waals surface area contributed by atoms with E-state index in [1.165, 1.54) is 18.4 Å². The summed E-state index contributed by atoms with van der Waals surface area (Å²) in [5, 5.41) is 3.09. The molecule has 0 aliphatic rings. The van der Waals surface area contributed by atoms with Crippen LogP contribution in [0.5, 0.6) is 11.6 Å². The molecule has 1 amide bonds. The van der Waals surface area contributed by atoms with Crippen molar-refractivity contribution in [2.75, 3.05) is 19.5 Å². The Bertz CT molecular complexity index is 1040. The Labute approximate surface area is 159 Å². The average Bonchev–Trinajstić information content (AvgIpc) is 3.03. The van der Waals surface area contributed by atoms with Crippen LogP contribution in [0, 0.1) is 5.92 Å². The number of hydrogen-bond donors (Lipinski definition) is 2. The predicted molar refractivity (Wildman–Crippen MR) is 104 cm³/mol. The van der Waals surface area contributed by atoms with E-state index in [9.17, 15) is 9.59 Å². The molecule has 27 heavy (non-hydrogen) atoms. The smallest absolute Gasteiger partial charge is 0.279 e. The van der Waals surface area contributed by atoms with Crippen molar-refractivity contribution in [2.45, 2.75) is 20.3 Å². The fraction of sp³-hybridized carbons (Fsp3) is 0.333. The average molecular weight is 388 g/mol. The van der Waals surface area contributed by atoms with E-state index in [0.29, 0.717) is 23.0 Å². The molecule has 0 atom stereocenters. The molecule has 0 aliphatic heterocycles. The molecule has 0 unspecified atom stereocenters.